The zero-order valence-corrected chi connectivity index (χ0v) is 16.9. The molecule has 2 aliphatic rings. The molecule has 1 aliphatic heterocycles. The first-order valence-corrected chi connectivity index (χ1v) is 10.2. The van der Waals surface area contributed by atoms with E-state index >= 15 is 0 Å². The molecule has 6 heteroatoms. The maximum absolute atomic E-state index is 13.8. The van der Waals surface area contributed by atoms with Crippen molar-refractivity contribution in [3.05, 3.63) is 111 Å². The minimum Gasteiger partial charge on any atom is -0.379 e. The highest BCUT2D eigenvalue weighted by Gasteiger charge is 2.58. The van der Waals surface area contributed by atoms with Gasteiger partial charge in [0.25, 0.3) is 5.69 Å². The topological polar surface area (TPSA) is 81.8 Å². The van der Waals surface area contributed by atoms with Crippen LogP contribution in [-0.2, 0) is 4.84 Å². The highest BCUT2D eigenvalue weighted by molar-refractivity contribution is 6.15. The van der Waals surface area contributed by atoms with E-state index in [2.05, 4.69) is 12.1 Å². The molecule has 1 spiro atoms. The number of fused-ring (bicyclic) bond motifs is 1. The van der Waals surface area contributed by atoms with Crippen molar-refractivity contribution in [3.8, 4) is 0 Å². The molecule has 0 amide bonds. The minimum atomic E-state index is -1.15. The summed E-state index contributed by atoms with van der Waals surface area (Å²) in [5, 5.41) is 15.5. The largest absolute Gasteiger partial charge is 0.379 e. The summed E-state index contributed by atoms with van der Waals surface area (Å²) in [4.78, 5) is 30.5. The lowest BCUT2D eigenvalue weighted by Gasteiger charge is -2.38. The molecule has 154 valence electrons. The van der Waals surface area contributed by atoms with E-state index in [1.807, 2.05) is 54.6 Å². The van der Waals surface area contributed by atoms with Crippen molar-refractivity contribution in [2.75, 3.05) is 0 Å². The van der Waals surface area contributed by atoms with Crippen molar-refractivity contribution >= 4 is 17.2 Å². The summed E-state index contributed by atoms with van der Waals surface area (Å²) in [6.07, 6.45) is 0.502. The van der Waals surface area contributed by atoms with Gasteiger partial charge in [0.2, 0.25) is 11.4 Å². The van der Waals surface area contributed by atoms with Crippen molar-refractivity contribution < 1.29 is 14.6 Å². The number of nitro groups is 1. The third kappa shape index (κ3) is 2.94. The summed E-state index contributed by atoms with van der Waals surface area (Å²) in [5.74, 6) is -0.374. The maximum Gasteiger partial charge on any atom is 0.269 e. The lowest BCUT2D eigenvalue weighted by atomic mass is 9.65. The highest BCUT2D eigenvalue weighted by Crippen LogP contribution is 2.50. The second-order valence-corrected chi connectivity index (χ2v) is 8.13. The van der Waals surface area contributed by atoms with Gasteiger partial charge in [-0.05, 0) is 29.2 Å². The molecule has 1 aliphatic carbocycles. The van der Waals surface area contributed by atoms with E-state index in [1.165, 1.54) is 12.1 Å². The first kappa shape index (κ1) is 19.2. The Kier molecular flexibility index (Phi) is 4.43. The molecular weight excluding hydrogens is 392 g/mol. The first-order valence-electron chi connectivity index (χ1n) is 10.2. The van der Waals surface area contributed by atoms with E-state index in [1.54, 1.807) is 12.1 Å². The number of ketones is 1. The summed E-state index contributed by atoms with van der Waals surface area (Å²) < 4.78 is 0. The fourth-order valence-corrected chi connectivity index (χ4v) is 4.85. The van der Waals surface area contributed by atoms with Crippen LogP contribution in [0.4, 0.5) is 5.69 Å². The van der Waals surface area contributed by atoms with Gasteiger partial charge < -0.3 is 4.84 Å². The number of non-ortho nitro benzene ring substituents is 1. The number of rotatable bonds is 3. The second-order valence-electron chi connectivity index (χ2n) is 8.13. The zero-order valence-electron chi connectivity index (χ0n) is 16.9. The molecule has 0 fully saturated rings. The van der Waals surface area contributed by atoms with Gasteiger partial charge >= 0.3 is 0 Å². The quantitative estimate of drug-likeness (QED) is 0.435. The molecule has 0 unspecified atom stereocenters. The van der Waals surface area contributed by atoms with Gasteiger partial charge in [0.05, 0.1) is 16.6 Å². The van der Waals surface area contributed by atoms with Crippen molar-refractivity contribution in [2.24, 2.45) is 5.16 Å². The van der Waals surface area contributed by atoms with Crippen molar-refractivity contribution in [1.29, 1.82) is 0 Å². The molecule has 31 heavy (non-hydrogen) atoms. The monoisotopic (exact) mass is 412 g/mol. The number of hydrogen-bond donors (Lipinski definition) is 0. The Balaban J connectivity index is 1.64. The number of nitrogens with zero attached hydrogens (tertiary/aromatic N) is 2. The van der Waals surface area contributed by atoms with Gasteiger partial charge in [0.15, 0.2) is 0 Å². The van der Waals surface area contributed by atoms with Crippen LogP contribution in [0.1, 0.15) is 52.2 Å². The molecule has 3 aromatic rings. The normalized spacial score (nSPS) is 24.4. The lowest BCUT2D eigenvalue weighted by molar-refractivity contribution is -0.384. The maximum atomic E-state index is 13.8. The van der Waals surface area contributed by atoms with Crippen LogP contribution in [0.2, 0.25) is 0 Å². The Morgan fingerprint density at radius 2 is 1.68 bits per heavy atom. The Hall–Kier alpha value is -3.80. The minimum absolute atomic E-state index is 0.00512. The summed E-state index contributed by atoms with van der Waals surface area (Å²) in [6, 6.07) is 23.6. The summed E-state index contributed by atoms with van der Waals surface area (Å²) in [5.41, 5.74) is 2.80. The molecule has 0 N–H and O–H groups in total. The number of hydrogen-bond acceptors (Lipinski definition) is 5. The van der Waals surface area contributed by atoms with Gasteiger partial charge in [-0.2, -0.15) is 0 Å². The molecular formula is C25H20N2O4. The van der Waals surface area contributed by atoms with Gasteiger partial charge in [-0.1, -0.05) is 66.7 Å². The van der Waals surface area contributed by atoms with Gasteiger partial charge in [0, 0.05) is 29.7 Å². The van der Waals surface area contributed by atoms with Crippen LogP contribution in [0.3, 0.4) is 0 Å². The Morgan fingerprint density at radius 3 is 2.39 bits per heavy atom. The third-order valence-electron chi connectivity index (χ3n) is 6.28. The number of Topliss-reactive ketones (excluding diaryl/α,β-unsaturated/α-hetero) is 1. The Morgan fingerprint density at radius 1 is 1.00 bits per heavy atom. The Bertz CT molecular complexity index is 1200. The number of benzene rings is 3. The van der Waals surface area contributed by atoms with Crippen LogP contribution in [0, 0.1) is 10.1 Å². The van der Waals surface area contributed by atoms with E-state index in [-0.39, 0.29) is 17.4 Å². The van der Waals surface area contributed by atoms with E-state index in [0.29, 0.717) is 23.3 Å². The lowest BCUT2D eigenvalue weighted by Crippen LogP contribution is -2.49. The summed E-state index contributed by atoms with van der Waals surface area (Å²) in [7, 11) is 0. The summed E-state index contributed by atoms with van der Waals surface area (Å²) >= 11 is 0. The van der Waals surface area contributed by atoms with Gasteiger partial charge in [-0.15, -0.1) is 0 Å². The SMILES string of the molecule is C[C@H]1C[C@]2(ON=C(c3ccc([N+](=O)[O-])cc3)[C@H]2c2ccccc2)C(=O)c2ccccc21. The van der Waals surface area contributed by atoms with E-state index < -0.39 is 16.4 Å². The second kappa shape index (κ2) is 7.16. The van der Waals surface area contributed by atoms with Gasteiger partial charge in [-0.25, -0.2) is 0 Å². The average molecular weight is 412 g/mol. The number of oxime groups is 1. The zero-order chi connectivity index (χ0) is 21.6. The molecule has 0 radical (unpaired) electrons. The van der Waals surface area contributed by atoms with Crippen LogP contribution in [0.15, 0.2) is 84.0 Å². The van der Waals surface area contributed by atoms with Crippen molar-refractivity contribution in [3.63, 3.8) is 0 Å². The van der Waals surface area contributed by atoms with Gasteiger partial charge in [-0.3, -0.25) is 14.9 Å². The Labute approximate surface area is 179 Å². The van der Waals surface area contributed by atoms with Crippen LogP contribution in [-0.4, -0.2) is 22.0 Å². The average Bonchev–Trinajstić information content (AvgIpc) is 3.18. The molecule has 6 nitrogen and oxygen atoms in total. The number of nitro benzene ring substituents is 1. The van der Waals surface area contributed by atoms with E-state index in [4.69, 9.17) is 4.84 Å². The fraction of sp³-hybridized carbons (Fsp3) is 0.200. The molecule has 1 heterocycles. The molecule has 0 saturated carbocycles. The predicted molar refractivity (Wildman–Crippen MR) is 116 cm³/mol. The van der Waals surface area contributed by atoms with E-state index in [0.717, 1.165) is 11.1 Å². The molecule has 5 rings (SSSR count). The summed E-state index contributed by atoms with van der Waals surface area (Å²) in [6.45, 7) is 2.10. The van der Waals surface area contributed by atoms with Gasteiger partial charge in [0.1, 0.15) is 0 Å². The standard InChI is InChI=1S/C25H20N2O4/c1-16-15-25(24(28)21-10-6-5-9-20(16)21)22(17-7-3-2-4-8-17)23(26-31-25)18-11-13-19(14-12-18)27(29)30/h2-14,16,22H,15H2,1H3/t16-,22+,25+/m0/s1. The van der Waals surface area contributed by atoms with Crippen molar-refractivity contribution in [1.82, 2.24) is 0 Å². The van der Waals surface area contributed by atoms with Crippen LogP contribution >= 0.6 is 0 Å². The molecule has 0 saturated heterocycles. The first-order chi connectivity index (χ1) is 15.0. The number of carbonyl (C=O) groups excluding carboxylic acids is 1. The van der Waals surface area contributed by atoms with Crippen LogP contribution in [0.5, 0.6) is 0 Å². The third-order valence-corrected chi connectivity index (χ3v) is 6.28. The fourth-order valence-electron chi connectivity index (χ4n) is 4.85. The van der Waals surface area contributed by atoms with Crippen LogP contribution < -0.4 is 0 Å². The van der Waals surface area contributed by atoms with E-state index in [9.17, 15) is 14.9 Å². The number of carbonyl (C=O) groups is 1. The van der Waals surface area contributed by atoms with Crippen LogP contribution in [0.25, 0.3) is 0 Å². The molecule has 0 aromatic heterocycles. The predicted octanol–water partition coefficient (Wildman–Crippen LogP) is 5.24. The molecule has 3 aromatic carbocycles. The smallest absolute Gasteiger partial charge is 0.269 e. The highest BCUT2D eigenvalue weighted by atomic mass is 16.7. The molecule has 0 bridgehead atoms. The molecule has 3 atom stereocenters. The van der Waals surface area contributed by atoms with Crippen molar-refractivity contribution in [2.45, 2.75) is 30.8 Å².